The summed E-state index contributed by atoms with van der Waals surface area (Å²) in [7, 11) is 0. The average molecular weight is 433 g/mol. The fourth-order valence-electron chi connectivity index (χ4n) is 2.72. The van der Waals surface area contributed by atoms with Crippen LogP contribution in [0.15, 0.2) is 48.8 Å². The summed E-state index contributed by atoms with van der Waals surface area (Å²) in [4.78, 5) is 27.0. The molecule has 3 rings (SSSR count). The van der Waals surface area contributed by atoms with Gasteiger partial charge in [-0.25, -0.2) is 4.68 Å². The number of hydrogen-bond acceptors (Lipinski definition) is 5. The molecule has 0 unspecified atom stereocenters. The third kappa shape index (κ3) is 5.30. The molecule has 2 amide bonds. The molecule has 0 radical (unpaired) electrons. The van der Waals surface area contributed by atoms with Crippen molar-refractivity contribution in [1.82, 2.24) is 25.1 Å². The second-order valence-corrected chi connectivity index (χ2v) is 7.05. The van der Waals surface area contributed by atoms with Crippen molar-refractivity contribution in [3.63, 3.8) is 0 Å². The molecule has 0 saturated heterocycles. The summed E-state index contributed by atoms with van der Waals surface area (Å²) in [6.45, 7) is 2.23. The van der Waals surface area contributed by atoms with Crippen molar-refractivity contribution < 1.29 is 9.59 Å². The van der Waals surface area contributed by atoms with Gasteiger partial charge in [0.2, 0.25) is 5.91 Å². The minimum atomic E-state index is -0.368. The van der Waals surface area contributed by atoms with Gasteiger partial charge in [-0.3, -0.25) is 9.59 Å². The Balaban J connectivity index is 1.75. The summed E-state index contributed by atoms with van der Waals surface area (Å²) >= 11 is 12.0. The van der Waals surface area contributed by atoms with E-state index >= 15 is 0 Å². The number of tetrazole rings is 1. The molecular weight excluding hydrogens is 415 g/mol. The molecule has 8 nitrogen and oxygen atoms in total. The van der Waals surface area contributed by atoms with Crippen LogP contribution in [0.25, 0.3) is 5.69 Å². The van der Waals surface area contributed by atoms with Crippen molar-refractivity contribution in [2.75, 3.05) is 18.4 Å². The predicted octanol–water partition coefficient (Wildman–Crippen LogP) is 3.46. The van der Waals surface area contributed by atoms with Crippen LogP contribution in [-0.4, -0.2) is 50.0 Å². The van der Waals surface area contributed by atoms with Crippen LogP contribution in [0.2, 0.25) is 10.0 Å². The largest absolute Gasteiger partial charge is 0.329 e. The first-order chi connectivity index (χ1) is 14.0. The summed E-state index contributed by atoms with van der Waals surface area (Å²) in [5.41, 5.74) is 1.47. The van der Waals surface area contributed by atoms with Gasteiger partial charge in [0.1, 0.15) is 12.9 Å². The second-order valence-electron chi connectivity index (χ2n) is 6.20. The smallest absolute Gasteiger partial charge is 0.254 e. The third-order valence-electron chi connectivity index (χ3n) is 4.02. The molecule has 10 heteroatoms. The average Bonchev–Trinajstić information content (AvgIpc) is 3.25. The van der Waals surface area contributed by atoms with Gasteiger partial charge in [-0.15, -0.1) is 5.10 Å². The second kappa shape index (κ2) is 9.49. The molecule has 3 aromatic rings. The lowest BCUT2D eigenvalue weighted by Crippen LogP contribution is -2.38. The zero-order valence-electron chi connectivity index (χ0n) is 15.5. The van der Waals surface area contributed by atoms with Gasteiger partial charge in [-0.05, 0) is 53.2 Å². The van der Waals surface area contributed by atoms with E-state index in [1.165, 1.54) is 15.9 Å². The molecule has 0 aliphatic rings. The van der Waals surface area contributed by atoms with E-state index in [1.54, 1.807) is 42.5 Å². The number of nitrogens with one attached hydrogen (secondary N) is 1. The van der Waals surface area contributed by atoms with Crippen LogP contribution in [0, 0.1) is 0 Å². The predicted molar refractivity (Wildman–Crippen MR) is 110 cm³/mol. The summed E-state index contributed by atoms with van der Waals surface area (Å²) in [6.07, 6.45) is 2.14. The SMILES string of the molecule is CCCN(CC(=O)Nc1cc(Cl)ccc1Cl)C(=O)c1cccc(-n2cnnn2)c1. The number of carbonyl (C=O) groups is 2. The van der Waals surface area contributed by atoms with Crippen LogP contribution in [0.5, 0.6) is 0 Å². The minimum Gasteiger partial charge on any atom is -0.329 e. The maximum atomic E-state index is 13.0. The molecule has 0 aliphatic heterocycles. The highest BCUT2D eigenvalue weighted by Crippen LogP contribution is 2.25. The lowest BCUT2D eigenvalue weighted by atomic mass is 10.1. The first-order valence-electron chi connectivity index (χ1n) is 8.85. The summed E-state index contributed by atoms with van der Waals surface area (Å²) < 4.78 is 1.45. The summed E-state index contributed by atoms with van der Waals surface area (Å²) in [6, 6.07) is 11.7. The number of anilines is 1. The van der Waals surface area contributed by atoms with E-state index < -0.39 is 0 Å². The molecule has 0 atom stereocenters. The van der Waals surface area contributed by atoms with Crippen molar-refractivity contribution in [2.24, 2.45) is 0 Å². The Hall–Kier alpha value is -2.97. The molecule has 0 saturated carbocycles. The molecule has 1 N–H and O–H groups in total. The molecular formula is C19H18Cl2N6O2. The van der Waals surface area contributed by atoms with Crippen LogP contribution in [0.1, 0.15) is 23.7 Å². The van der Waals surface area contributed by atoms with Crippen molar-refractivity contribution in [3.8, 4) is 5.69 Å². The standard InChI is InChI=1S/C19H18Cl2N6O2/c1-2-8-26(11-18(28)23-17-10-14(20)6-7-16(17)21)19(29)13-4-3-5-15(9-13)27-12-22-24-25-27/h3-7,9-10,12H,2,8,11H2,1H3,(H,23,28). The molecule has 1 aromatic heterocycles. The van der Waals surface area contributed by atoms with Gasteiger partial charge in [0.05, 0.1) is 16.4 Å². The molecule has 29 heavy (non-hydrogen) atoms. The van der Waals surface area contributed by atoms with Gasteiger partial charge >= 0.3 is 0 Å². The molecule has 0 aliphatic carbocycles. The van der Waals surface area contributed by atoms with Crippen molar-refractivity contribution >= 4 is 40.7 Å². The maximum Gasteiger partial charge on any atom is 0.254 e. The first kappa shape index (κ1) is 20.8. The number of amides is 2. The first-order valence-corrected chi connectivity index (χ1v) is 9.61. The van der Waals surface area contributed by atoms with Crippen LogP contribution in [0.4, 0.5) is 5.69 Å². The molecule has 150 valence electrons. The molecule has 0 fully saturated rings. The van der Waals surface area contributed by atoms with Crippen LogP contribution in [-0.2, 0) is 4.79 Å². The van der Waals surface area contributed by atoms with Crippen LogP contribution >= 0.6 is 23.2 Å². The number of nitrogens with zero attached hydrogens (tertiary/aromatic N) is 5. The monoisotopic (exact) mass is 432 g/mol. The Bertz CT molecular complexity index is 1010. The van der Waals surface area contributed by atoms with Crippen molar-refractivity contribution in [1.29, 1.82) is 0 Å². The van der Waals surface area contributed by atoms with E-state index in [4.69, 9.17) is 23.2 Å². The lowest BCUT2D eigenvalue weighted by molar-refractivity contribution is -0.116. The van der Waals surface area contributed by atoms with Gasteiger partial charge in [0, 0.05) is 17.1 Å². The van der Waals surface area contributed by atoms with E-state index in [0.717, 1.165) is 0 Å². The Labute approximate surface area is 177 Å². The van der Waals surface area contributed by atoms with E-state index in [2.05, 4.69) is 20.8 Å². The molecule has 2 aromatic carbocycles. The zero-order chi connectivity index (χ0) is 20.8. The fourth-order valence-corrected chi connectivity index (χ4v) is 3.06. The fraction of sp³-hybridized carbons (Fsp3) is 0.211. The normalized spacial score (nSPS) is 10.6. The van der Waals surface area contributed by atoms with E-state index in [9.17, 15) is 9.59 Å². The van der Waals surface area contributed by atoms with Crippen molar-refractivity contribution in [2.45, 2.75) is 13.3 Å². The lowest BCUT2D eigenvalue weighted by Gasteiger charge is -2.22. The minimum absolute atomic E-state index is 0.120. The third-order valence-corrected chi connectivity index (χ3v) is 4.59. The Morgan fingerprint density at radius 2 is 2.00 bits per heavy atom. The molecule has 0 bridgehead atoms. The van der Waals surface area contributed by atoms with Crippen LogP contribution in [0.3, 0.4) is 0 Å². The topological polar surface area (TPSA) is 93.0 Å². The highest BCUT2D eigenvalue weighted by atomic mass is 35.5. The maximum absolute atomic E-state index is 13.0. The molecule has 1 heterocycles. The summed E-state index contributed by atoms with van der Waals surface area (Å²) in [5, 5.41) is 14.5. The number of halogens is 2. The zero-order valence-corrected chi connectivity index (χ0v) is 17.1. The van der Waals surface area contributed by atoms with Gasteiger partial charge in [0.15, 0.2) is 0 Å². The number of carbonyl (C=O) groups excluding carboxylic acids is 2. The van der Waals surface area contributed by atoms with Gasteiger partial charge in [-0.1, -0.05) is 36.2 Å². The Kier molecular flexibility index (Phi) is 6.79. The molecule has 0 spiro atoms. The van der Waals surface area contributed by atoms with Gasteiger partial charge in [0.25, 0.3) is 5.91 Å². The van der Waals surface area contributed by atoms with E-state index in [1.807, 2.05) is 6.92 Å². The van der Waals surface area contributed by atoms with Gasteiger partial charge in [-0.2, -0.15) is 0 Å². The van der Waals surface area contributed by atoms with E-state index in [0.29, 0.717) is 39.9 Å². The number of benzene rings is 2. The Morgan fingerprint density at radius 1 is 1.17 bits per heavy atom. The number of hydrogen-bond donors (Lipinski definition) is 1. The van der Waals surface area contributed by atoms with Crippen molar-refractivity contribution in [3.05, 3.63) is 64.4 Å². The summed E-state index contributed by atoms with van der Waals surface area (Å²) in [5.74, 6) is -0.637. The Morgan fingerprint density at radius 3 is 2.72 bits per heavy atom. The van der Waals surface area contributed by atoms with Gasteiger partial charge < -0.3 is 10.2 Å². The van der Waals surface area contributed by atoms with Crippen LogP contribution < -0.4 is 5.32 Å². The highest BCUT2D eigenvalue weighted by molar-refractivity contribution is 6.35. The van der Waals surface area contributed by atoms with E-state index in [-0.39, 0.29) is 18.4 Å². The number of aromatic nitrogens is 4. The quantitative estimate of drug-likeness (QED) is 0.616. The highest BCUT2D eigenvalue weighted by Gasteiger charge is 2.19. The number of rotatable bonds is 7.